The molecule has 2 aromatic rings. The fourth-order valence-electron chi connectivity index (χ4n) is 1.89. The third-order valence-corrected chi connectivity index (χ3v) is 4.43. The summed E-state index contributed by atoms with van der Waals surface area (Å²) >= 11 is 7.41. The topological polar surface area (TPSA) is 46.5 Å². The van der Waals surface area contributed by atoms with Crippen LogP contribution in [-0.2, 0) is 11.2 Å². The predicted molar refractivity (Wildman–Crippen MR) is 85.4 cm³/mol. The number of aliphatic carboxylic acids is 1. The van der Waals surface area contributed by atoms with Gasteiger partial charge < -0.3 is 9.84 Å². The number of carbonyl (C=O) groups is 1. The van der Waals surface area contributed by atoms with Crippen molar-refractivity contribution < 1.29 is 14.6 Å². The summed E-state index contributed by atoms with van der Waals surface area (Å²) in [7, 11) is 1.55. The number of hydrogen-bond donors (Lipinski definition) is 1. The molecule has 0 heterocycles. The summed E-state index contributed by atoms with van der Waals surface area (Å²) < 4.78 is 5.09. The van der Waals surface area contributed by atoms with Gasteiger partial charge in [-0.15, -0.1) is 11.8 Å². The van der Waals surface area contributed by atoms with Gasteiger partial charge in [0.25, 0.3) is 0 Å². The second kappa shape index (κ2) is 7.38. The molecule has 0 fully saturated rings. The predicted octanol–water partition coefficient (Wildman–Crippen LogP) is 4.14. The molecule has 3 nitrogen and oxygen atoms in total. The molecule has 0 saturated carbocycles. The maximum absolute atomic E-state index is 11.4. The van der Waals surface area contributed by atoms with E-state index in [9.17, 15) is 9.90 Å². The summed E-state index contributed by atoms with van der Waals surface area (Å²) in [5.74, 6) is -0.251. The second-order valence-electron chi connectivity index (χ2n) is 4.43. The lowest BCUT2D eigenvalue weighted by molar-refractivity contribution is -0.136. The van der Waals surface area contributed by atoms with Crippen molar-refractivity contribution >= 4 is 29.3 Å². The van der Waals surface area contributed by atoms with Crippen LogP contribution in [-0.4, -0.2) is 23.4 Å². The molecule has 110 valence electrons. The fraction of sp³-hybridized carbons (Fsp3) is 0.188. The Bertz CT molecular complexity index is 616. The van der Waals surface area contributed by atoms with Crippen molar-refractivity contribution in [1.82, 2.24) is 0 Å². The van der Waals surface area contributed by atoms with E-state index < -0.39 is 11.2 Å². The van der Waals surface area contributed by atoms with Gasteiger partial charge >= 0.3 is 5.97 Å². The zero-order valence-electron chi connectivity index (χ0n) is 11.5. The van der Waals surface area contributed by atoms with Crippen LogP contribution in [0.4, 0.5) is 0 Å². The highest BCUT2D eigenvalue weighted by Crippen LogP contribution is 2.29. The van der Waals surface area contributed by atoms with Crippen molar-refractivity contribution in [2.75, 3.05) is 7.11 Å². The van der Waals surface area contributed by atoms with Crippen LogP contribution in [0.2, 0.25) is 5.02 Å². The first-order chi connectivity index (χ1) is 10.1. The lowest BCUT2D eigenvalue weighted by Crippen LogP contribution is -2.19. The highest BCUT2D eigenvalue weighted by molar-refractivity contribution is 8.00. The van der Waals surface area contributed by atoms with Crippen molar-refractivity contribution in [2.24, 2.45) is 0 Å². The minimum Gasteiger partial charge on any atom is -0.495 e. The highest BCUT2D eigenvalue weighted by Gasteiger charge is 2.20. The van der Waals surface area contributed by atoms with Crippen LogP contribution in [0.5, 0.6) is 5.75 Å². The fourth-order valence-corrected chi connectivity index (χ4v) is 3.19. The molecule has 0 bridgehead atoms. The molecule has 0 aliphatic rings. The van der Waals surface area contributed by atoms with Gasteiger partial charge in [0.2, 0.25) is 0 Å². The Kier molecular flexibility index (Phi) is 5.53. The molecule has 0 radical (unpaired) electrons. The van der Waals surface area contributed by atoms with Gasteiger partial charge in [0, 0.05) is 4.90 Å². The molecule has 5 heteroatoms. The first-order valence-corrected chi connectivity index (χ1v) is 7.63. The number of hydrogen-bond acceptors (Lipinski definition) is 3. The molecule has 21 heavy (non-hydrogen) atoms. The van der Waals surface area contributed by atoms with Crippen molar-refractivity contribution in [3.63, 3.8) is 0 Å². The molecule has 1 N–H and O–H groups in total. The highest BCUT2D eigenvalue weighted by atomic mass is 35.5. The minimum atomic E-state index is -0.837. The van der Waals surface area contributed by atoms with E-state index in [0.29, 0.717) is 17.2 Å². The first kappa shape index (κ1) is 15.7. The monoisotopic (exact) mass is 322 g/mol. The molecule has 0 spiro atoms. The number of carboxylic acid groups (broad SMARTS) is 1. The van der Waals surface area contributed by atoms with Gasteiger partial charge in [-0.2, -0.15) is 0 Å². The molecule has 0 amide bonds. The molecule has 0 unspecified atom stereocenters. The Morgan fingerprint density at radius 2 is 2.00 bits per heavy atom. The third-order valence-electron chi connectivity index (χ3n) is 2.93. The summed E-state index contributed by atoms with van der Waals surface area (Å²) in [5.41, 5.74) is 0.872. The molecule has 0 aromatic heterocycles. The van der Waals surface area contributed by atoms with Crippen LogP contribution in [0.25, 0.3) is 0 Å². The Morgan fingerprint density at radius 1 is 1.29 bits per heavy atom. The van der Waals surface area contributed by atoms with Crippen molar-refractivity contribution in [3.05, 3.63) is 59.1 Å². The van der Waals surface area contributed by atoms with Crippen molar-refractivity contribution in [1.29, 1.82) is 0 Å². The summed E-state index contributed by atoms with van der Waals surface area (Å²) in [4.78, 5) is 12.4. The van der Waals surface area contributed by atoms with E-state index in [1.54, 1.807) is 19.2 Å². The van der Waals surface area contributed by atoms with Gasteiger partial charge in [-0.3, -0.25) is 4.79 Å². The Hall–Kier alpha value is -1.65. The maximum atomic E-state index is 11.4. The third kappa shape index (κ3) is 4.41. The average molecular weight is 323 g/mol. The molecule has 0 aliphatic heterocycles. The molecular weight excluding hydrogens is 308 g/mol. The number of ether oxygens (including phenoxy) is 1. The van der Waals surface area contributed by atoms with E-state index >= 15 is 0 Å². The molecule has 2 rings (SSSR count). The van der Waals surface area contributed by atoms with Gasteiger partial charge in [0.1, 0.15) is 11.0 Å². The van der Waals surface area contributed by atoms with E-state index in [2.05, 4.69) is 0 Å². The van der Waals surface area contributed by atoms with E-state index in [4.69, 9.17) is 16.3 Å². The van der Waals surface area contributed by atoms with Gasteiger partial charge in [0.05, 0.1) is 12.1 Å². The van der Waals surface area contributed by atoms with Crippen molar-refractivity contribution in [3.8, 4) is 5.75 Å². The Morgan fingerprint density at radius 3 is 2.57 bits per heavy atom. The number of carboxylic acids is 1. The lowest BCUT2D eigenvalue weighted by Gasteiger charge is -2.13. The van der Waals surface area contributed by atoms with Crippen LogP contribution in [0, 0.1) is 0 Å². The second-order valence-corrected chi connectivity index (χ2v) is 6.11. The van der Waals surface area contributed by atoms with Gasteiger partial charge in [-0.05, 0) is 36.2 Å². The SMILES string of the molecule is COc1ccc(C[C@@H](Sc2ccccc2)C(=O)O)cc1Cl. The Labute approximate surface area is 132 Å². The number of thioether (sulfide) groups is 1. The first-order valence-electron chi connectivity index (χ1n) is 6.37. The lowest BCUT2D eigenvalue weighted by atomic mass is 10.1. The standard InChI is InChI=1S/C16H15ClO3S/c1-20-14-8-7-11(9-13(14)17)10-15(16(18)19)21-12-5-3-2-4-6-12/h2-9,15H,10H2,1H3,(H,18,19)/t15-/m1/s1. The molecule has 1 atom stereocenters. The smallest absolute Gasteiger partial charge is 0.317 e. The molecule has 0 aliphatic carbocycles. The van der Waals surface area contributed by atoms with E-state index in [0.717, 1.165) is 10.5 Å². The van der Waals surface area contributed by atoms with E-state index in [1.165, 1.54) is 11.8 Å². The molecule has 0 saturated heterocycles. The van der Waals surface area contributed by atoms with E-state index in [1.807, 2.05) is 36.4 Å². The number of benzene rings is 2. The summed E-state index contributed by atoms with van der Waals surface area (Å²) in [5, 5.41) is 9.32. The normalized spacial score (nSPS) is 11.9. The number of rotatable bonds is 6. The quantitative estimate of drug-likeness (QED) is 0.812. The average Bonchev–Trinajstić information content (AvgIpc) is 2.48. The van der Waals surface area contributed by atoms with Crippen LogP contribution >= 0.6 is 23.4 Å². The summed E-state index contributed by atoms with van der Waals surface area (Å²) in [6.07, 6.45) is 0.401. The zero-order valence-corrected chi connectivity index (χ0v) is 13.0. The van der Waals surface area contributed by atoms with Crippen molar-refractivity contribution in [2.45, 2.75) is 16.6 Å². The van der Waals surface area contributed by atoms with Crippen LogP contribution in [0.1, 0.15) is 5.56 Å². The van der Waals surface area contributed by atoms with Crippen LogP contribution < -0.4 is 4.74 Å². The maximum Gasteiger partial charge on any atom is 0.317 e. The minimum absolute atomic E-state index is 0.401. The van der Waals surface area contributed by atoms with Gasteiger partial charge in [-0.25, -0.2) is 0 Å². The largest absolute Gasteiger partial charge is 0.495 e. The van der Waals surface area contributed by atoms with E-state index in [-0.39, 0.29) is 0 Å². The zero-order chi connectivity index (χ0) is 15.2. The number of halogens is 1. The molecule has 2 aromatic carbocycles. The summed E-state index contributed by atoms with van der Waals surface area (Å²) in [6.45, 7) is 0. The summed E-state index contributed by atoms with van der Waals surface area (Å²) in [6, 6.07) is 14.8. The van der Waals surface area contributed by atoms with Gasteiger partial charge in [0.15, 0.2) is 0 Å². The van der Waals surface area contributed by atoms with Crippen LogP contribution in [0.15, 0.2) is 53.4 Å². The number of methoxy groups -OCH3 is 1. The van der Waals surface area contributed by atoms with Crippen LogP contribution in [0.3, 0.4) is 0 Å². The molecular formula is C16H15ClO3S. The Balaban J connectivity index is 2.13. The van der Waals surface area contributed by atoms with Gasteiger partial charge in [-0.1, -0.05) is 35.9 Å².